The summed E-state index contributed by atoms with van der Waals surface area (Å²) in [5.41, 5.74) is 1.22. The molecular weight excluding hydrogens is 208 g/mol. The van der Waals surface area contributed by atoms with E-state index in [1.165, 1.54) is 5.57 Å². The Labute approximate surface area is 110 Å². The molecule has 0 spiro atoms. The van der Waals surface area contributed by atoms with Crippen LogP contribution in [0.15, 0.2) is 36.0 Å². The quantitative estimate of drug-likeness (QED) is 0.449. The van der Waals surface area contributed by atoms with Gasteiger partial charge in [-0.3, -0.25) is 0 Å². The van der Waals surface area contributed by atoms with Gasteiger partial charge in [0, 0.05) is 7.11 Å². The zero-order chi connectivity index (χ0) is 14.5. The largest absolute Gasteiger partial charge is 0.380 e. The summed E-state index contributed by atoms with van der Waals surface area (Å²) in [6, 6.07) is 0. The molecule has 104 valence electrons. The fourth-order valence-corrected chi connectivity index (χ4v) is 0.608. The molecular formula is C16H34O. The predicted molar refractivity (Wildman–Crippen MR) is 83.6 cm³/mol. The van der Waals surface area contributed by atoms with Gasteiger partial charge >= 0.3 is 0 Å². The van der Waals surface area contributed by atoms with Crippen molar-refractivity contribution >= 4 is 0 Å². The zero-order valence-electron chi connectivity index (χ0n) is 13.5. The van der Waals surface area contributed by atoms with Gasteiger partial charge in [-0.15, -0.1) is 0 Å². The van der Waals surface area contributed by atoms with Crippen molar-refractivity contribution in [3.05, 3.63) is 36.0 Å². The van der Waals surface area contributed by atoms with Crippen LogP contribution in [0.25, 0.3) is 0 Å². The lowest BCUT2D eigenvalue weighted by atomic mass is 10.2. The summed E-state index contributed by atoms with van der Waals surface area (Å²) in [6.07, 6.45) is 10.1. The highest BCUT2D eigenvalue weighted by Gasteiger charge is 1.84. The summed E-state index contributed by atoms with van der Waals surface area (Å²) < 4.78 is 4.93. The first-order chi connectivity index (χ1) is 8.26. The molecule has 0 amide bonds. The molecule has 0 rings (SSSR count). The van der Waals surface area contributed by atoms with E-state index in [4.69, 9.17) is 4.74 Å². The minimum atomic E-state index is 0.709. The number of rotatable bonds is 3. The van der Waals surface area contributed by atoms with Gasteiger partial charge in [-0.2, -0.15) is 0 Å². The molecule has 0 aliphatic rings. The molecule has 0 aromatic heterocycles. The Morgan fingerprint density at radius 1 is 0.824 bits per heavy atom. The average molecular weight is 242 g/mol. The van der Waals surface area contributed by atoms with Crippen LogP contribution in [0.1, 0.15) is 55.4 Å². The van der Waals surface area contributed by atoms with Crippen LogP contribution >= 0.6 is 0 Å². The second-order valence-corrected chi connectivity index (χ2v) is 2.46. The van der Waals surface area contributed by atoms with E-state index in [0.717, 1.165) is 0 Å². The third-order valence-corrected chi connectivity index (χ3v) is 1.40. The molecule has 1 nitrogen and oxygen atoms in total. The van der Waals surface area contributed by atoms with Gasteiger partial charge in [-0.1, -0.05) is 58.1 Å². The van der Waals surface area contributed by atoms with Gasteiger partial charge in [-0.05, 0) is 33.3 Å². The Bertz CT molecular complexity index is 160. The van der Waals surface area contributed by atoms with Crippen LogP contribution in [-0.2, 0) is 4.74 Å². The number of methoxy groups -OCH3 is 1. The first-order valence-electron chi connectivity index (χ1n) is 6.60. The van der Waals surface area contributed by atoms with Crippen molar-refractivity contribution < 1.29 is 4.74 Å². The lowest BCUT2D eigenvalue weighted by molar-refractivity contribution is 0.228. The number of hydrogen-bond acceptors (Lipinski definition) is 1. The van der Waals surface area contributed by atoms with E-state index in [1.807, 2.05) is 85.8 Å². The van der Waals surface area contributed by atoms with Gasteiger partial charge in [0.25, 0.3) is 0 Å². The molecule has 0 atom stereocenters. The molecule has 0 aliphatic heterocycles. The molecule has 0 N–H and O–H groups in total. The molecule has 0 fully saturated rings. The summed E-state index contributed by atoms with van der Waals surface area (Å²) >= 11 is 0. The summed E-state index contributed by atoms with van der Waals surface area (Å²) in [7, 11) is 1.70. The van der Waals surface area contributed by atoms with Crippen molar-refractivity contribution in [1.29, 1.82) is 0 Å². The van der Waals surface area contributed by atoms with E-state index >= 15 is 0 Å². The molecule has 0 unspecified atom stereocenters. The van der Waals surface area contributed by atoms with Gasteiger partial charge in [-0.25, -0.2) is 0 Å². The van der Waals surface area contributed by atoms with Crippen molar-refractivity contribution in [3.63, 3.8) is 0 Å². The Kier molecular flexibility index (Phi) is 53.5. The summed E-state index contributed by atoms with van der Waals surface area (Å²) in [5.74, 6) is 0. The van der Waals surface area contributed by atoms with Gasteiger partial charge in [0.15, 0.2) is 0 Å². The second-order valence-electron chi connectivity index (χ2n) is 2.46. The Morgan fingerprint density at radius 3 is 1.41 bits per heavy atom. The first-order valence-corrected chi connectivity index (χ1v) is 6.60. The van der Waals surface area contributed by atoms with E-state index < -0.39 is 0 Å². The van der Waals surface area contributed by atoms with Gasteiger partial charge in [0.2, 0.25) is 0 Å². The molecule has 0 bridgehead atoms. The number of hydrogen-bond donors (Lipinski definition) is 0. The third kappa shape index (κ3) is 39.4. The van der Waals surface area contributed by atoms with Crippen molar-refractivity contribution in [2.75, 3.05) is 13.7 Å². The fourth-order valence-electron chi connectivity index (χ4n) is 0.608. The molecule has 0 aromatic carbocycles. The van der Waals surface area contributed by atoms with Crippen molar-refractivity contribution in [1.82, 2.24) is 0 Å². The Balaban J connectivity index is -0.0000000887. The Morgan fingerprint density at radius 2 is 1.24 bits per heavy atom. The van der Waals surface area contributed by atoms with Crippen molar-refractivity contribution in [2.45, 2.75) is 55.4 Å². The third-order valence-electron chi connectivity index (χ3n) is 1.40. The maximum Gasteiger partial charge on any atom is 0.0709 e. The minimum Gasteiger partial charge on any atom is -0.380 e. The first kappa shape index (κ1) is 25.1. The van der Waals surface area contributed by atoms with E-state index in [2.05, 4.69) is 0 Å². The molecule has 1 heteroatoms. The van der Waals surface area contributed by atoms with Gasteiger partial charge in [0.05, 0.1) is 6.61 Å². The van der Waals surface area contributed by atoms with Crippen LogP contribution in [0.3, 0.4) is 0 Å². The van der Waals surface area contributed by atoms with E-state index in [1.54, 1.807) is 7.11 Å². The standard InChI is InChI=1S/C8H14O.C4H8.2C2H6/c1-4-6-8(5-2)7-9-3;1-3-4-2;2*1-2/h4-6H,7H2,1-3H3;3-4H,1-2H3;2*1-2H3/b6-4-,8-5+;4-3-;;. The Hall–Kier alpha value is -0.820. The van der Waals surface area contributed by atoms with Crippen LogP contribution in [0.5, 0.6) is 0 Å². The maximum absolute atomic E-state index is 4.93. The van der Waals surface area contributed by atoms with Crippen molar-refractivity contribution in [2.24, 2.45) is 0 Å². The molecule has 17 heavy (non-hydrogen) atoms. The zero-order valence-corrected chi connectivity index (χ0v) is 13.5. The van der Waals surface area contributed by atoms with E-state index in [-0.39, 0.29) is 0 Å². The highest BCUT2D eigenvalue weighted by molar-refractivity contribution is 5.17. The predicted octanol–water partition coefficient (Wildman–Crippen LogP) is 5.79. The van der Waals surface area contributed by atoms with Crippen LogP contribution in [0.4, 0.5) is 0 Å². The highest BCUT2D eigenvalue weighted by Crippen LogP contribution is 1.95. The van der Waals surface area contributed by atoms with Crippen LogP contribution in [0, 0.1) is 0 Å². The molecule has 0 heterocycles. The highest BCUT2D eigenvalue weighted by atomic mass is 16.5. The van der Waals surface area contributed by atoms with Crippen LogP contribution < -0.4 is 0 Å². The molecule has 0 radical (unpaired) electrons. The molecule has 0 saturated heterocycles. The van der Waals surface area contributed by atoms with Crippen LogP contribution in [-0.4, -0.2) is 13.7 Å². The summed E-state index contributed by atoms with van der Waals surface area (Å²) in [4.78, 5) is 0. The van der Waals surface area contributed by atoms with Crippen molar-refractivity contribution in [3.8, 4) is 0 Å². The fraction of sp³-hybridized carbons (Fsp3) is 0.625. The normalized spacial score (nSPS) is 9.82. The SMILES string of the molecule is C/C=C\C.C/C=C\C(=C/C)COC.CC.CC. The van der Waals surface area contributed by atoms with Gasteiger partial charge < -0.3 is 4.74 Å². The topological polar surface area (TPSA) is 9.23 Å². The smallest absolute Gasteiger partial charge is 0.0709 e. The van der Waals surface area contributed by atoms with E-state index in [0.29, 0.717) is 6.61 Å². The lowest BCUT2D eigenvalue weighted by Crippen LogP contribution is -1.89. The monoisotopic (exact) mass is 242 g/mol. The lowest BCUT2D eigenvalue weighted by Gasteiger charge is -1.96. The second kappa shape index (κ2) is 36.2. The molecule has 0 aromatic rings. The minimum absolute atomic E-state index is 0.709. The summed E-state index contributed by atoms with van der Waals surface area (Å²) in [6.45, 7) is 16.7. The number of ether oxygens (including phenoxy) is 1. The average Bonchev–Trinajstić information content (AvgIpc) is 2.43. The molecule has 0 saturated carbocycles. The maximum atomic E-state index is 4.93. The molecule has 0 aliphatic carbocycles. The van der Waals surface area contributed by atoms with E-state index in [9.17, 15) is 0 Å². The number of allylic oxidation sites excluding steroid dienone is 4. The van der Waals surface area contributed by atoms with Gasteiger partial charge in [0.1, 0.15) is 0 Å². The van der Waals surface area contributed by atoms with Crippen LogP contribution in [0.2, 0.25) is 0 Å². The summed E-state index contributed by atoms with van der Waals surface area (Å²) in [5, 5.41) is 0.